The number of halogens is 1. The smallest absolute Gasteiger partial charge is 0.343 e. The van der Waals surface area contributed by atoms with Crippen LogP contribution in [0, 0.1) is 17.1 Å². The Morgan fingerprint density at radius 1 is 0.930 bits per heavy atom. The van der Waals surface area contributed by atoms with Crippen molar-refractivity contribution in [3.63, 3.8) is 0 Å². The summed E-state index contributed by atoms with van der Waals surface area (Å²) in [6.45, 7) is 0.0694. The predicted molar refractivity (Wildman–Crippen MR) is 154 cm³/mol. The number of carbonyl (C=O) groups excluding carboxylic acids is 1. The van der Waals surface area contributed by atoms with Gasteiger partial charge in [-0.2, -0.15) is 5.26 Å². The van der Waals surface area contributed by atoms with Crippen LogP contribution >= 0.6 is 0 Å². The molecule has 5 rings (SSSR count). The van der Waals surface area contributed by atoms with Crippen LogP contribution in [0.2, 0.25) is 0 Å². The molecule has 0 bridgehead atoms. The third kappa shape index (κ3) is 5.87. The lowest BCUT2D eigenvalue weighted by Gasteiger charge is -2.27. The van der Waals surface area contributed by atoms with E-state index in [0.29, 0.717) is 39.9 Å². The van der Waals surface area contributed by atoms with E-state index in [9.17, 15) is 14.4 Å². The normalized spacial score (nSPS) is 13.7. The molecule has 1 unspecified atom stereocenters. The maximum Gasteiger partial charge on any atom is 0.343 e. The van der Waals surface area contributed by atoms with Gasteiger partial charge in [0, 0.05) is 17.2 Å². The third-order valence-corrected chi connectivity index (χ3v) is 6.87. The Morgan fingerprint density at radius 3 is 2.23 bits per heavy atom. The number of benzene rings is 4. The van der Waals surface area contributed by atoms with Crippen LogP contribution in [0.15, 0.2) is 90.3 Å². The molecule has 4 aromatic carbocycles. The Kier molecular flexibility index (Phi) is 8.34. The summed E-state index contributed by atoms with van der Waals surface area (Å²) < 4.78 is 47.1. The molecule has 218 valence electrons. The van der Waals surface area contributed by atoms with Crippen LogP contribution in [-0.4, -0.2) is 27.3 Å². The molecule has 10 heteroatoms. The van der Waals surface area contributed by atoms with Gasteiger partial charge in [-0.25, -0.2) is 9.18 Å². The lowest BCUT2D eigenvalue weighted by molar-refractivity contribution is 0.0733. The molecule has 0 saturated carbocycles. The number of nitriles is 1. The number of nitrogens with two attached hydrogens (primary N) is 1. The zero-order valence-corrected chi connectivity index (χ0v) is 23.6. The van der Waals surface area contributed by atoms with E-state index in [-0.39, 0.29) is 35.2 Å². The highest BCUT2D eigenvalue weighted by Gasteiger charge is 2.31. The largest absolute Gasteiger partial charge is 0.493 e. The lowest BCUT2D eigenvalue weighted by atomic mass is 9.83. The van der Waals surface area contributed by atoms with Crippen molar-refractivity contribution in [2.45, 2.75) is 12.5 Å². The Bertz CT molecular complexity index is 1720. The first kappa shape index (κ1) is 28.8. The van der Waals surface area contributed by atoms with Crippen LogP contribution in [0.1, 0.15) is 33.0 Å². The summed E-state index contributed by atoms with van der Waals surface area (Å²) in [4.78, 5) is 13.0. The van der Waals surface area contributed by atoms with E-state index in [0.717, 1.165) is 5.56 Å². The van der Waals surface area contributed by atoms with E-state index in [1.807, 2.05) is 0 Å². The molecule has 1 aliphatic rings. The van der Waals surface area contributed by atoms with E-state index >= 15 is 0 Å². The maximum atomic E-state index is 14.0. The molecule has 43 heavy (non-hydrogen) atoms. The van der Waals surface area contributed by atoms with E-state index in [4.69, 9.17) is 34.2 Å². The molecule has 0 aliphatic carbocycles. The first-order chi connectivity index (χ1) is 20.9. The van der Waals surface area contributed by atoms with E-state index in [1.54, 1.807) is 54.6 Å². The van der Waals surface area contributed by atoms with Crippen molar-refractivity contribution < 1.29 is 37.6 Å². The van der Waals surface area contributed by atoms with Crippen molar-refractivity contribution in [3.8, 4) is 40.6 Å². The van der Waals surface area contributed by atoms with Gasteiger partial charge in [0.05, 0.1) is 32.8 Å². The second kappa shape index (κ2) is 12.4. The Balaban J connectivity index is 1.39. The average Bonchev–Trinajstić information content (AvgIpc) is 3.03. The minimum absolute atomic E-state index is 0.0621. The number of carbonyl (C=O) groups is 1. The first-order valence-electron chi connectivity index (χ1n) is 13.1. The van der Waals surface area contributed by atoms with Crippen molar-refractivity contribution >= 4 is 5.97 Å². The predicted octanol–water partition coefficient (Wildman–Crippen LogP) is 5.87. The maximum absolute atomic E-state index is 14.0. The molecule has 0 saturated heterocycles. The summed E-state index contributed by atoms with van der Waals surface area (Å²) in [6, 6.07) is 23.5. The van der Waals surface area contributed by atoms with Gasteiger partial charge in [-0.3, -0.25) is 0 Å². The fourth-order valence-corrected chi connectivity index (χ4v) is 4.74. The van der Waals surface area contributed by atoms with Gasteiger partial charge in [0.25, 0.3) is 0 Å². The summed E-state index contributed by atoms with van der Waals surface area (Å²) in [6.07, 6.45) is 0. The highest BCUT2D eigenvalue weighted by Crippen LogP contribution is 2.44. The van der Waals surface area contributed by atoms with Gasteiger partial charge >= 0.3 is 5.97 Å². The van der Waals surface area contributed by atoms with Gasteiger partial charge in [0.15, 0.2) is 11.5 Å². The van der Waals surface area contributed by atoms with Crippen molar-refractivity contribution in [2.75, 3.05) is 21.3 Å². The average molecular weight is 583 g/mol. The number of methoxy groups -OCH3 is 3. The summed E-state index contributed by atoms with van der Waals surface area (Å²) >= 11 is 0. The van der Waals surface area contributed by atoms with Crippen LogP contribution in [-0.2, 0) is 6.61 Å². The number of nitrogens with zero attached hydrogens (tertiary/aromatic N) is 1. The fraction of sp³-hybridized carbons (Fsp3) is 0.152. The Morgan fingerprint density at radius 2 is 1.60 bits per heavy atom. The number of esters is 1. The molecular weight excluding hydrogens is 555 g/mol. The summed E-state index contributed by atoms with van der Waals surface area (Å²) in [5.41, 5.74) is 8.40. The molecule has 4 aromatic rings. The van der Waals surface area contributed by atoms with Gasteiger partial charge in [-0.1, -0.05) is 36.4 Å². The van der Waals surface area contributed by atoms with E-state index in [2.05, 4.69) is 6.07 Å². The second-order valence-corrected chi connectivity index (χ2v) is 9.38. The molecule has 0 amide bonds. The number of hydrogen-bond acceptors (Lipinski definition) is 9. The quantitative estimate of drug-likeness (QED) is 0.191. The van der Waals surface area contributed by atoms with Gasteiger partial charge < -0.3 is 34.2 Å². The van der Waals surface area contributed by atoms with Gasteiger partial charge in [0.1, 0.15) is 41.3 Å². The number of allylic oxidation sites excluding steroid dienone is 1. The molecule has 2 N–H and O–H groups in total. The number of ether oxygens (including phenoxy) is 6. The molecule has 0 aromatic heterocycles. The van der Waals surface area contributed by atoms with Crippen molar-refractivity contribution in [1.29, 1.82) is 5.26 Å². The van der Waals surface area contributed by atoms with Crippen molar-refractivity contribution in [3.05, 3.63) is 118 Å². The molecule has 9 nitrogen and oxygen atoms in total. The van der Waals surface area contributed by atoms with E-state index < -0.39 is 11.9 Å². The minimum Gasteiger partial charge on any atom is -0.493 e. The number of rotatable bonds is 9. The Labute approximate surface area is 247 Å². The van der Waals surface area contributed by atoms with Crippen molar-refractivity contribution in [1.82, 2.24) is 0 Å². The van der Waals surface area contributed by atoms with Gasteiger partial charge in [-0.15, -0.1) is 0 Å². The topological polar surface area (TPSA) is 122 Å². The monoisotopic (exact) mass is 582 g/mol. The van der Waals surface area contributed by atoms with Crippen LogP contribution in [0.4, 0.5) is 4.39 Å². The SMILES string of the molecule is COc1cc(C(=O)Oc2ccc3c(c2)OC(N)=C(C#N)C3c2ccc(OCc3ccccc3F)cc2)cc(OC)c1OC. The Hall–Kier alpha value is -5.69. The zero-order valence-electron chi connectivity index (χ0n) is 23.6. The molecule has 1 aliphatic heterocycles. The number of fused-ring (bicyclic) bond motifs is 1. The zero-order chi connectivity index (χ0) is 30.5. The highest BCUT2D eigenvalue weighted by molar-refractivity contribution is 5.92. The molecule has 0 fully saturated rings. The van der Waals surface area contributed by atoms with E-state index in [1.165, 1.54) is 45.6 Å². The standard InChI is InChI=1S/C33H27FN2O7/c1-38-28-14-21(15-29(39-2)31(28)40-3)33(37)42-23-12-13-24-27(16-23)43-32(36)25(17-35)30(24)19-8-10-22(11-9-19)41-18-20-6-4-5-7-26(20)34/h4-16,30H,18,36H2,1-3H3. The molecule has 0 spiro atoms. The summed E-state index contributed by atoms with van der Waals surface area (Å²) in [7, 11) is 4.36. The highest BCUT2D eigenvalue weighted by atomic mass is 19.1. The third-order valence-electron chi connectivity index (χ3n) is 6.87. The van der Waals surface area contributed by atoms with Gasteiger partial charge in [0.2, 0.25) is 11.6 Å². The molecular formula is C33H27FN2O7. The lowest BCUT2D eigenvalue weighted by Crippen LogP contribution is -2.21. The van der Waals surface area contributed by atoms with Crippen molar-refractivity contribution in [2.24, 2.45) is 5.73 Å². The molecule has 1 heterocycles. The summed E-state index contributed by atoms with van der Waals surface area (Å²) in [5, 5.41) is 9.91. The fourth-order valence-electron chi connectivity index (χ4n) is 4.74. The van der Waals surface area contributed by atoms with Crippen LogP contribution < -0.4 is 34.2 Å². The van der Waals surface area contributed by atoms with Crippen LogP contribution in [0.3, 0.4) is 0 Å². The molecule has 0 radical (unpaired) electrons. The summed E-state index contributed by atoms with van der Waals surface area (Å²) in [5.74, 6) is 0.385. The van der Waals surface area contributed by atoms with Crippen LogP contribution in [0.5, 0.6) is 34.5 Å². The van der Waals surface area contributed by atoms with Crippen LogP contribution in [0.25, 0.3) is 0 Å². The minimum atomic E-state index is -0.668. The first-order valence-corrected chi connectivity index (χ1v) is 13.1. The second-order valence-electron chi connectivity index (χ2n) is 9.38. The van der Waals surface area contributed by atoms with Gasteiger partial charge in [-0.05, 0) is 42.0 Å². The molecule has 1 atom stereocenters. The number of hydrogen-bond donors (Lipinski definition) is 1.